The Morgan fingerprint density at radius 1 is 0.857 bits per heavy atom. The fraction of sp³-hybridized carbons (Fsp3) is 0.250. The molecule has 0 spiro atoms. The van der Waals surface area contributed by atoms with Crippen LogP contribution >= 0.6 is 0 Å². The van der Waals surface area contributed by atoms with E-state index in [0.717, 1.165) is 22.8 Å². The van der Waals surface area contributed by atoms with Crippen LogP contribution in [-0.2, 0) is 0 Å². The van der Waals surface area contributed by atoms with E-state index < -0.39 is 0 Å². The number of carbonyl (C=O) groups is 1. The van der Waals surface area contributed by atoms with Crippen molar-refractivity contribution in [1.29, 1.82) is 0 Å². The van der Waals surface area contributed by atoms with E-state index in [1.807, 2.05) is 18.2 Å². The number of allylic oxidation sites excluding steroid dienone is 4. The van der Waals surface area contributed by atoms with E-state index in [4.69, 9.17) is 0 Å². The predicted octanol–water partition coefficient (Wildman–Crippen LogP) is 5.42. The van der Waals surface area contributed by atoms with E-state index in [2.05, 4.69) is 45.9 Å². The van der Waals surface area contributed by atoms with Crippen LogP contribution in [-0.4, -0.2) is 6.29 Å². The number of hydrogen-bond acceptors (Lipinski definition) is 1. The Balaban J connectivity index is 2.28. The van der Waals surface area contributed by atoms with Crippen LogP contribution in [0.3, 0.4) is 0 Å². The van der Waals surface area contributed by atoms with Crippen molar-refractivity contribution in [2.24, 2.45) is 0 Å². The zero-order valence-corrected chi connectivity index (χ0v) is 13.0. The smallest absolute Gasteiger partial charge is 0.150 e. The maximum absolute atomic E-state index is 11.6. The minimum absolute atomic E-state index is 0.245. The molecule has 0 amide bonds. The van der Waals surface area contributed by atoms with Gasteiger partial charge in [0.1, 0.15) is 6.29 Å². The third-order valence-electron chi connectivity index (χ3n) is 5.00. The molecule has 0 aromatic heterocycles. The molecule has 0 saturated carbocycles. The lowest BCUT2D eigenvalue weighted by atomic mass is 9.85. The minimum Gasteiger partial charge on any atom is -0.298 e. The van der Waals surface area contributed by atoms with Gasteiger partial charge in [0.2, 0.25) is 0 Å². The monoisotopic (exact) mass is 276 g/mol. The molecule has 1 nitrogen and oxygen atoms in total. The van der Waals surface area contributed by atoms with E-state index in [9.17, 15) is 4.79 Å². The molecule has 1 heteroatoms. The lowest BCUT2D eigenvalue weighted by molar-refractivity contribution is 0.112. The molecule has 0 saturated heterocycles. The molecular weight excluding hydrogens is 256 g/mol. The lowest BCUT2D eigenvalue weighted by Gasteiger charge is -2.18. The second kappa shape index (κ2) is 5.00. The van der Waals surface area contributed by atoms with Crippen molar-refractivity contribution in [2.75, 3.05) is 0 Å². The summed E-state index contributed by atoms with van der Waals surface area (Å²) in [6.45, 7) is 8.72. The largest absolute Gasteiger partial charge is 0.298 e. The van der Waals surface area contributed by atoms with Crippen LogP contribution in [0.4, 0.5) is 0 Å². The minimum atomic E-state index is 0.245. The van der Waals surface area contributed by atoms with Crippen LogP contribution in [0.1, 0.15) is 49.5 Å². The molecule has 21 heavy (non-hydrogen) atoms. The second-order valence-corrected chi connectivity index (χ2v) is 6.00. The van der Waals surface area contributed by atoms with E-state index in [-0.39, 0.29) is 5.92 Å². The standard InChI is InChI=1S/C20H20O/c1-12-13(2)15(4)20(14(12)3)19-10-17-8-6-5-7-16(17)9-18(19)11-21/h5-11,20H,1-4H3. The highest BCUT2D eigenvalue weighted by Crippen LogP contribution is 2.44. The van der Waals surface area contributed by atoms with Gasteiger partial charge in [-0.1, -0.05) is 35.4 Å². The predicted molar refractivity (Wildman–Crippen MR) is 88.8 cm³/mol. The molecule has 2 aromatic rings. The van der Waals surface area contributed by atoms with Crippen LogP contribution in [0, 0.1) is 0 Å². The third kappa shape index (κ3) is 2.04. The van der Waals surface area contributed by atoms with Crippen molar-refractivity contribution in [3.63, 3.8) is 0 Å². The van der Waals surface area contributed by atoms with Crippen LogP contribution in [0.5, 0.6) is 0 Å². The topological polar surface area (TPSA) is 17.1 Å². The van der Waals surface area contributed by atoms with Gasteiger partial charge in [-0.15, -0.1) is 0 Å². The molecule has 0 bridgehead atoms. The highest BCUT2D eigenvalue weighted by atomic mass is 16.1. The first-order valence-corrected chi connectivity index (χ1v) is 7.37. The molecule has 0 aliphatic heterocycles. The summed E-state index contributed by atoms with van der Waals surface area (Å²) < 4.78 is 0. The summed E-state index contributed by atoms with van der Waals surface area (Å²) in [6, 6.07) is 12.4. The van der Waals surface area contributed by atoms with Crippen LogP contribution < -0.4 is 0 Å². The Kier molecular flexibility index (Phi) is 3.29. The van der Waals surface area contributed by atoms with Gasteiger partial charge in [-0.3, -0.25) is 4.79 Å². The van der Waals surface area contributed by atoms with Gasteiger partial charge in [0, 0.05) is 11.5 Å². The van der Waals surface area contributed by atoms with Crippen LogP contribution in [0.2, 0.25) is 0 Å². The van der Waals surface area contributed by atoms with Gasteiger partial charge in [-0.25, -0.2) is 0 Å². The molecule has 0 unspecified atom stereocenters. The SMILES string of the molecule is CC1=C(C)C(c2cc3ccccc3cc2C=O)C(C)=C1C. The van der Waals surface area contributed by atoms with Crippen molar-refractivity contribution in [3.8, 4) is 0 Å². The van der Waals surface area contributed by atoms with Crippen LogP contribution in [0.25, 0.3) is 10.8 Å². The fourth-order valence-electron chi connectivity index (χ4n) is 3.44. The number of rotatable bonds is 2. The summed E-state index contributed by atoms with van der Waals surface area (Å²) in [5, 5.41) is 2.32. The average Bonchev–Trinajstić information content (AvgIpc) is 2.70. The number of benzene rings is 2. The summed E-state index contributed by atoms with van der Waals surface area (Å²) >= 11 is 0. The molecule has 0 N–H and O–H groups in total. The molecule has 0 heterocycles. The Morgan fingerprint density at radius 3 is 1.90 bits per heavy atom. The second-order valence-electron chi connectivity index (χ2n) is 6.00. The van der Waals surface area contributed by atoms with Gasteiger partial charge in [0.05, 0.1) is 0 Å². The summed E-state index contributed by atoms with van der Waals surface area (Å²) in [7, 11) is 0. The van der Waals surface area contributed by atoms with E-state index in [1.165, 1.54) is 27.7 Å². The Labute approximate surface area is 126 Å². The number of hydrogen-bond donors (Lipinski definition) is 0. The molecule has 106 valence electrons. The lowest BCUT2D eigenvalue weighted by Crippen LogP contribution is -2.04. The van der Waals surface area contributed by atoms with E-state index >= 15 is 0 Å². The van der Waals surface area contributed by atoms with Gasteiger partial charge < -0.3 is 0 Å². The third-order valence-corrected chi connectivity index (χ3v) is 5.00. The van der Waals surface area contributed by atoms with E-state index in [1.54, 1.807) is 0 Å². The van der Waals surface area contributed by atoms with Gasteiger partial charge in [0.15, 0.2) is 0 Å². The number of aldehydes is 1. The highest BCUT2D eigenvalue weighted by Gasteiger charge is 2.27. The van der Waals surface area contributed by atoms with Crippen molar-refractivity contribution in [3.05, 3.63) is 69.8 Å². The normalized spacial score (nSPS) is 16.2. The highest BCUT2D eigenvalue weighted by molar-refractivity contribution is 5.91. The van der Waals surface area contributed by atoms with Crippen molar-refractivity contribution in [2.45, 2.75) is 33.6 Å². The van der Waals surface area contributed by atoms with Gasteiger partial charge in [-0.2, -0.15) is 0 Å². The first-order valence-electron chi connectivity index (χ1n) is 7.37. The van der Waals surface area contributed by atoms with Gasteiger partial charge in [-0.05, 0) is 67.3 Å². The summed E-state index contributed by atoms with van der Waals surface area (Å²) in [5.74, 6) is 0.245. The van der Waals surface area contributed by atoms with Crippen molar-refractivity contribution >= 4 is 17.1 Å². The Bertz CT molecular complexity index is 782. The Morgan fingerprint density at radius 2 is 1.38 bits per heavy atom. The van der Waals surface area contributed by atoms with Crippen LogP contribution in [0.15, 0.2) is 58.7 Å². The quantitative estimate of drug-likeness (QED) is 0.669. The zero-order valence-electron chi connectivity index (χ0n) is 13.0. The zero-order chi connectivity index (χ0) is 15.1. The van der Waals surface area contributed by atoms with E-state index in [0.29, 0.717) is 0 Å². The van der Waals surface area contributed by atoms with Crippen molar-refractivity contribution < 1.29 is 4.79 Å². The molecule has 0 radical (unpaired) electrons. The first-order chi connectivity index (χ1) is 10.0. The average molecular weight is 276 g/mol. The number of fused-ring (bicyclic) bond motifs is 1. The maximum atomic E-state index is 11.6. The summed E-state index contributed by atoms with van der Waals surface area (Å²) in [4.78, 5) is 11.6. The molecule has 1 aliphatic rings. The summed E-state index contributed by atoms with van der Waals surface area (Å²) in [5.41, 5.74) is 7.39. The maximum Gasteiger partial charge on any atom is 0.150 e. The molecule has 0 atom stereocenters. The summed E-state index contributed by atoms with van der Waals surface area (Å²) in [6.07, 6.45) is 0.991. The molecule has 3 rings (SSSR count). The molecule has 1 aliphatic carbocycles. The molecular formula is C20H20O. The van der Waals surface area contributed by atoms with Gasteiger partial charge in [0.25, 0.3) is 0 Å². The Hall–Kier alpha value is -2.15. The first kappa shape index (κ1) is 13.8. The molecule has 0 fully saturated rings. The number of carbonyl (C=O) groups excluding carboxylic acids is 1. The fourth-order valence-corrected chi connectivity index (χ4v) is 3.44. The van der Waals surface area contributed by atoms with Gasteiger partial charge >= 0.3 is 0 Å². The van der Waals surface area contributed by atoms with Crippen molar-refractivity contribution in [1.82, 2.24) is 0 Å². The molecule has 2 aromatic carbocycles.